The Morgan fingerprint density at radius 1 is 1.29 bits per heavy atom. The van der Waals surface area contributed by atoms with Gasteiger partial charge in [-0.2, -0.15) is 5.10 Å². The number of nitrogens with zero attached hydrogens (tertiary/aromatic N) is 3. The van der Waals surface area contributed by atoms with E-state index in [0.29, 0.717) is 22.9 Å². The summed E-state index contributed by atoms with van der Waals surface area (Å²) in [5.74, 6) is 0.987. The number of nitrogen functional groups attached to an aromatic ring is 1. The molecule has 0 aliphatic carbocycles. The summed E-state index contributed by atoms with van der Waals surface area (Å²) in [4.78, 5) is 4.35. The SMILES string of the molecule is Cc1nn(C)c(Oc2cccc3cccnc23)c1C(=N)N. The third-order valence-corrected chi connectivity index (χ3v) is 3.24. The summed E-state index contributed by atoms with van der Waals surface area (Å²) in [6.07, 6.45) is 1.72. The average Bonchev–Trinajstić information content (AvgIpc) is 2.73. The van der Waals surface area contributed by atoms with E-state index in [1.165, 1.54) is 0 Å². The Bertz CT molecular complexity index is 832. The van der Waals surface area contributed by atoms with Crippen molar-refractivity contribution in [2.45, 2.75) is 6.92 Å². The number of aromatic nitrogens is 3. The van der Waals surface area contributed by atoms with Crippen LogP contribution in [0.15, 0.2) is 36.5 Å². The number of hydrogen-bond donors (Lipinski definition) is 2. The van der Waals surface area contributed by atoms with Gasteiger partial charge in [-0.25, -0.2) is 4.68 Å². The first-order valence-corrected chi connectivity index (χ1v) is 6.47. The number of nitrogens with two attached hydrogens (primary N) is 1. The number of rotatable bonds is 3. The van der Waals surface area contributed by atoms with E-state index in [0.717, 1.165) is 10.9 Å². The maximum Gasteiger partial charge on any atom is 0.228 e. The van der Waals surface area contributed by atoms with Crippen LogP contribution in [-0.2, 0) is 7.05 Å². The van der Waals surface area contributed by atoms with Gasteiger partial charge in [0.05, 0.1) is 5.69 Å². The number of nitrogens with one attached hydrogen (secondary N) is 1. The van der Waals surface area contributed by atoms with E-state index in [1.807, 2.05) is 30.3 Å². The molecule has 0 aliphatic rings. The highest BCUT2D eigenvalue weighted by molar-refractivity contribution is 5.98. The fraction of sp³-hybridized carbons (Fsp3) is 0.133. The van der Waals surface area contributed by atoms with Gasteiger partial charge in [-0.15, -0.1) is 0 Å². The normalized spacial score (nSPS) is 10.8. The quantitative estimate of drug-likeness (QED) is 0.569. The van der Waals surface area contributed by atoms with Gasteiger partial charge in [0.2, 0.25) is 5.88 Å². The highest BCUT2D eigenvalue weighted by Gasteiger charge is 2.18. The Morgan fingerprint density at radius 2 is 2.05 bits per heavy atom. The molecule has 0 aliphatic heterocycles. The molecule has 3 rings (SSSR count). The number of benzene rings is 1. The smallest absolute Gasteiger partial charge is 0.228 e. The van der Waals surface area contributed by atoms with Gasteiger partial charge >= 0.3 is 0 Å². The van der Waals surface area contributed by atoms with Crippen molar-refractivity contribution < 1.29 is 4.74 Å². The number of fused-ring (bicyclic) bond motifs is 1. The summed E-state index contributed by atoms with van der Waals surface area (Å²) >= 11 is 0. The van der Waals surface area contributed by atoms with Crippen molar-refractivity contribution in [1.82, 2.24) is 14.8 Å². The molecule has 0 spiro atoms. The van der Waals surface area contributed by atoms with E-state index in [-0.39, 0.29) is 5.84 Å². The van der Waals surface area contributed by atoms with Crippen molar-refractivity contribution in [2.75, 3.05) is 0 Å². The maximum absolute atomic E-state index is 7.69. The van der Waals surface area contributed by atoms with Crippen molar-refractivity contribution in [3.63, 3.8) is 0 Å². The van der Waals surface area contributed by atoms with E-state index in [2.05, 4.69) is 10.1 Å². The summed E-state index contributed by atoms with van der Waals surface area (Å²) in [6, 6.07) is 9.55. The Balaban J connectivity index is 2.14. The summed E-state index contributed by atoms with van der Waals surface area (Å²) in [5, 5.41) is 12.9. The number of para-hydroxylation sites is 1. The molecule has 21 heavy (non-hydrogen) atoms. The van der Waals surface area contributed by atoms with Gasteiger partial charge in [-0.1, -0.05) is 18.2 Å². The molecular formula is C15H15N5O. The molecule has 0 saturated heterocycles. The number of hydrogen-bond acceptors (Lipinski definition) is 4. The third kappa shape index (κ3) is 2.20. The largest absolute Gasteiger partial charge is 0.436 e. The fourth-order valence-electron chi connectivity index (χ4n) is 2.33. The van der Waals surface area contributed by atoms with Crippen molar-refractivity contribution in [3.05, 3.63) is 47.8 Å². The molecule has 3 N–H and O–H groups in total. The van der Waals surface area contributed by atoms with Gasteiger partial charge < -0.3 is 10.5 Å². The topological polar surface area (TPSA) is 89.8 Å². The van der Waals surface area contributed by atoms with Crippen molar-refractivity contribution >= 4 is 16.7 Å². The first-order chi connectivity index (χ1) is 10.1. The predicted molar refractivity (Wildman–Crippen MR) is 80.8 cm³/mol. The molecule has 0 fully saturated rings. The molecule has 6 nitrogen and oxygen atoms in total. The average molecular weight is 281 g/mol. The van der Waals surface area contributed by atoms with E-state index in [1.54, 1.807) is 24.9 Å². The monoisotopic (exact) mass is 281 g/mol. The number of amidine groups is 1. The molecule has 0 radical (unpaired) electrons. The summed E-state index contributed by atoms with van der Waals surface area (Å²) in [7, 11) is 1.76. The number of ether oxygens (including phenoxy) is 1. The van der Waals surface area contributed by atoms with Crippen LogP contribution < -0.4 is 10.5 Å². The molecule has 0 unspecified atom stereocenters. The molecular weight excluding hydrogens is 266 g/mol. The minimum absolute atomic E-state index is 0.0659. The molecule has 0 saturated carbocycles. The summed E-state index contributed by atoms with van der Waals surface area (Å²) in [6.45, 7) is 1.80. The van der Waals surface area contributed by atoms with E-state index in [9.17, 15) is 0 Å². The first kappa shape index (κ1) is 13.1. The van der Waals surface area contributed by atoms with Gasteiger partial charge in [0.15, 0.2) is 5.75 Å². The fourth-order valence-corrected chi connectivity index (χ4v) is 2.33. The van der Waals surface area contributed by atoms with Gasteiger partial charge in [-0.05, 0) is 19.1 Å². The Hall–Kier alpha value is -2.89. The molecule has 2 heterocycles. The number of pyridine rings is 1. The minimum atomic E-state index is -0.0659. The van der Waals surface area contributed by atoms with Crippen LogP contribution in [0.1, 0.15) is 11.3 Å². The Labute approximate surface area is 121 Å². The lowest BCUT2D eigenvalue weighted by atomic mass is 10.2. The van der Waals surface area contributed by atoms with Crippen LogP contribution in [-0.4, -0.2) is 20.6 Å². The summed E-state index contributed by atoms with van der Waals surface area (Å²) in [5.41, 5.74) is 7.55. The first-order valence-electron chi connectivity index (χ1n) is 6.47. The van der Waals surface area contributed by atoms with Crippen LogP contribution >= 0.6 is 0 Å². The van der Waals surface area contributed by atoms with E-state index in [4.69, 9.17) is 15.9 Å². The third-order valence-electron chi connectivity index (χ3n) is 3.24. The van der Waals surface area contributed by atoms with Crippen molar-refractivity contribution in [1.29, 1.82) is 5.41 Å². The highest BCUT2D eigenvalue weighted by Crippen LogP contribution is 2.31. The van der Waals surface area contributed by atoms with Crippen LogP contribution in [0.25, 0.3) is 10.9 Å². The molecule has 106 valence electrons. The van der Waals surface area contributed by atoms with Gasteiger partial charge in [-0.3, -0.25) is 10.4 Å². The lowest BCUT2D eigenvalue weighted by Gasteiger charge is -2.10. The lowest BCUT2D eigenvalue weighted by Crippen LogP contribution is -2.13. The van der Waals surface area contributed by atoms with Crippen LogP contribution in [0.3, 0.4) is 0 Å². The van der Waals surface area contributed by atoms with Crippen molar-refractivity contribution in [2.24, 2.45) is 12.8 Å². The zero-order valence-corrected chi connectivity index (χ0v) is 11.8. The highest BCUT2D eigenvalue weighted by atomic mass is 16.5. The van der Waals surface area contributed by atoms with Crippen LogP contribution in [0, 0.1) is 12.3 Å². The van der Waals surface area contributed by atoms with Gasteiger partial charge in [0, 0.05) is 18.6 Å². The Morgan fingerprint density at radius 3 is 2.81 bits per heavy atom. The second-order valence-electron chi connectivity index (χ2n) is 4.74. The van der Waals surface area contributed by atoms with Gasteiger partial charge in [0.1, 0.15) is 16.9 Å². The maximum atomic E-state index is 7.69. The minimum Gasteiger partial charge on any atom is -0.436 e. The second kappa shape index (κ2) is 4.90. The molecule has 0 atom stereocenters. The van der Waals surface area contributed by atoms with Crippen LogP contribution in [0.5, 0.6) is 11.6 Å². The lowest BCUT2D eigenvalue weighted by molar-refractivity contribution is 0.433. The Kier molecular flexibility index (Phi) is 3.06. The molecule has 6 heteroatoms. The molecule has 0 bridgehead atoms. The van der Waals surface area contributed by atoms with Crippen LogP contribution in [0.4, 0.5) is 0 Å². The van der Waals surface area contributed by atoms with Crippen molar-refractivity contribution in [3.8, 4) is 11.6 Å². The van der Waals surface area contributed by atoms with E-state index >= 15 is 0 Å². The molecule has 0 amide bonds. The summed E-state index contributed by atoms with van der Waals surface area (Å²) < 4.78 is 7.53. The predicted octanol–water partition coefficient (Wildman–Crippen LogP) is 2.35. The van der Waals surface area contributed by atoms with Crippen LogP contribution in [0.2, 0.25) is 0 Å². The molecule has 1 aromatic carbocycles. The van der Waals surface area contributed by atoms with Gasteiger partial charge in [0.25, 0.3) is 0 Å². The zero-order chi connectivity index (χ0) is 15.0. The number of aryl methyl sites for hydroxylation is 2. The van der Waals surface area contributed by atoms with E-state index < -0.39 is 0 Å². The molecule has 3 aromatic rings. The second-order valence-corrected chi connectivity index (χ2v) is 4.74. The molecule has 2 aromatic heterocycles. The zero-order valence-electron chi connectivity index (χ0n) is 11.8. The standard InChI is InChI=1S/C15H15N5O/c1-9-12(14(16)17)15(20(2)19-9)21-11-7-3-5-10-6-4-8-18-13(10)11/h3-8H,1-2H3,(H3,16,17).